The van der Waals surface area contributed by atoms with Crippen LogP contribution in [0.2, 0.25) is 0 Å². The lowest BCUT2D eigenvalue weighted by atomic mass is 10.4. The van der Waals surface area contributed by atoms with E-state index in [0.29, 0.717) is 4.88 Å². The second kappa shape index (κ2) is 6.44. The number of rotatable bonds is 7. The van der Waals surface area contributed by atoms with Crippen molar-refractivity contribution in [2.45, 2.75) is 11.8 Å². The van der Waals surface area contributed by atoms with E-state index in [9.17, 15) is 13.2 Å². The van der Waals surface area contributed by atoms with Gasteiger partial charge in [-0.3, -0.25) is 0 Å². The summed E-state index contributed by atoms with van der Waals surface area (Å²) in [6, 6.07) is 1.10. The summed E-state index contributed by atoms with van der Waals surface area (Å²) in [7, 11) is -3.91. The molecule has 0 saturated carbocycles. The Hall–Kier alpha value is -1.00. The maximum Gasteiger partial charge on any atom is 0.345 e. The zero-order valence-corrected chi connectivity index (χ0v) is 11.9. The number of sulfonamides is 1. The summed E-state index contributed by atoms with van der Waals surface area (Å²) in [4.78, 5) is 11.0. The molecule has 7 nitrogen and oxygen atoms in total. The number of carboxylic acid groups (broad SMARTS) is 1. The molecule has 0 spiro atoms. The molecular formula is C10H15NO6S2. The van der Waals surface area contributed by atoms with Crippen molar-refractivity contribution in [3.63, 3.8) is 0 Å². The van der Waals surface area contributed by atoms with E-state index in [0.717, 1.165) is 21.7 Å². The first-order valence-corrected chi connectivity index (χ1v) is 7.65. The van der Waals surface area contributed by atoms with Gasteiger partial charge < -0.3 is 15.3 Å². The number of aliphatic hydroxyl groups excluding tert-OH is 2. The number of aliphatic hydroxyl groups is 2. The minimum atomic E-state index is -3.91. The highest BCUT2D eigenvalue weighted by Gasteiger charge is 2.28. The fourth-order valence-electron chi connectivity index (χ4n) is 1.54. The SMILES string of the molecule is Cc1sc(C(=O)O)cc1S(=O)(=O)N(CCO)CCO. The van der Waals surface area contributed by atoms with Gasteiger partial charge in [0.1, 0.15) is 4.88 Å². The first kappa shape index (κ1) is 16.1. The Bertz CT molecular complexity index is 544. The molecule has 0 bridgehead atoms. The van der Waals surface area contributed by atoms with E-state index in [1.165, 1.54) is 6.92 Å². The van der Waals surface area contributed by atoms with Gasteiger partial charge in [-0.15, -0.1) is 11.3 Å². The third-order valence-corrected chi connectivity index (χ3v) is 5.59. The predicted molar refractivity (Wildman–Crippen MR) is 68.9 cm³/mol. The van der Waals surface area contributed by atoms with Crippen molar-refractivity contribution in [3.05, 3.63) is 15.8 Å². The van der Waals surface area contributed by atoms with Gasteiger partial charge in [0, 0.05) is 18.0 Å². The quantitative estimate of drug-likeness (QED) is 0.638. The van der Waals surface area contributed by atoms with E-state index in [4.69, 9.17) is 15.3 Å². The number of hydrogen-bond acceptors (Lipinski definition) is 6. The number of carbonyl (C=O) groups is 1. The highest BCUT2D eigenvalue weighted by molar-refractivity contribution is 7.89. The van der Waals surface area contributed by atoms with Crippen molar-refractivity contribution in [2.24, 2.45) is 0 Å². The second-order valence-electron chi connectivity index (χ2n) is 3.69. The Balaban J connectivity index is 3.20. The lowest BCUT2D eigenvalue weighted by Gasteiger charge is -2.19. The molecule has 0 fully saturated rings. The van der Waals surface area contributed by atoms with Crippen molar-refractivity contribution in [1.29, 1.82) is 0 Å². The number of aryl methyl sites for hydroxylation is 1. The lowest BCUT2D eigenvalue weighted by molar-refractivity contribution is 0.0702. The largest absolute Gasteiger partial charge is 0.477 e. The van der Waals surface area contributed by atoms with Crippen LogP contribution < -0.4 is 0 Å². The third-order valence-electron chi connectivity index (χ3n) is 2.40. The van der Waals surface area contributed by atoms with Crippen LogP contribution in [0.15, 0.2) is 11.0 Å². The molecule has 0 radical (unpaired) electrons. The molecule has 1 heterocycles. The van der Waals surface area contributed by atoms with Crippen molar-refractivity contribution in [1.82, 2.24) is 4.31 Å². The number of nitrogens with zero attached hydrogens (tertiary/aromatic N) is 1. The number of aromatic carboxylic acids is 1. The molecule has 0 saturated heterocycles. The molecule has 0 atom stereocenters. The first-order chi connectivity index (χ1) is 8.84. The average molecular weight is 309 g/mol. The molecule has 0 aromatic carbocycles. The highest BCUT2D eigenvalue weighted by atomic mass is 32.2. The van der Waals surface area contributed by atoms with Crippen molar-refractivity contribution >= 4 is 27.3 Å². The summed E-state index contributed by atoms with van der Waals surface area (Å²) >= 11 is 0.873. The van der Waals surface area contributed by atoms with Gasteiger partial charge in [0.2, 0.25) is 10.0 Å². The zero-order chi connectivity index (χ0) is 14.6. The van der Waals surface area contributed by atoms with Gasteiger partial charge in [0.05, 0.1) is 18.1 Å². The van der Waals surface area contributed by atoms with E-state index < -0.39 is 16.0 Å². The molecule has 1 aromatic heterocycles. The first-order valence-electron chi connectivity index (χ1n) is 5.40. The van der Waals surface area contributed by atoms with E-state index in [-0.39, 0.29) is 36.1 Å². The molecule has 0 unspecified atom stereocenters. The number of carboxylic acids is 1. The van der Waals surface area contributed by atoms with Gasteiger partial charge in [-0.2, -0.15) is 4.31 Å². The van der Waals surface area contributed by atoms with Gasteiger partial charge in [-0.05, 0) is 13.0 Å². The average Bonchev–Trinajstić information content (AvgIpc) is 2.72. The van der Waals surface area contributed by atoms with E-state index in [2.05, 4.69) is 0 Å². The Labute approximate surface area is 114 Å². The Morgan fingerprint density at radius 1 is 1.32 bits per heavy atom. The normalized spacial score (nSPS) is 12.0. The predicted octanol–water partition coefficient (Wildman–Crippen LogP) is -0.270. The molecule has 108 valence electrons. The minimum absolute atomic E-state index is 0.0657. The van der Waals surface area contributed by atoms with Gasteiger partial charge >= 0.3 is 5.97 Å². The van der Waals surface area contributed by atoms with E-state index >= 15 is 0 Å². The van der Waals surface area contributed by atoms with Crippen LogP contribution >= 0.6 is 11.3 Å². The van der Waals surface area contributed by atoms with Gasteiger partial charge in [0.25, 0.3) is 0 Å². The van der Waals surface area contributed by atoms with Crippen LogP contribution in [0.1, 0.15) is 14.5 Å². The molecule has 19 heavy (non-hydrogen) atoms. The fraction of sp³-hybridized carbons (Fsp3) is 0.500. The van der Waals surface area contributed by atoms with Gasteiger partial charge in [-0.25, -0.2) is 13.2 Å². The molecule has 0 aliphatic heterocycles. The van der Waals surface area contributed by atoms with Crippen molar-refractivity contribution in [2.75, 3.05) is 26.3 Å². The smallest absolute Gasteiger partial charge is 0.345 e. The molecule has 9 heteroatoms. The van der Waals surface area contributed by atoms with Crippen LogP contribution in [0.5, 0.6) is 0 Å². The Morgan fingerprint density at radius 2 is 1.84 bits per heavy atom. The van der Waals surface area contributed by atoms with Crippen LogP contribution in [0.3, 0.4) is 0 Å². The van der Waals surface area contributed by atoms with Crippen LogP contribution in [0, 0.1) is 6.92 Å². The van der Waals surface area contributed by atoms with Gasteiger partial charge in [0.15, 0.2) is 0 Å². The molecule has 3 N–H and O–H groups in total. The summed E-state index contributed by atoms with van der Waals surface area (Å²) in [5.41, 5.74) is 0. The molecular weight excluding hydrogens is 294 g/mol. The number of hydrogen-bond donors (Lipinski definition) is 3. The molecule has 0 aliphatic rings. The van der Waals surface area contributed by atoms with Crippen LogP contribution in [-0.4, -0.2) is 60.3 Å². The minimum Gasteiger partial charge on any atom is -0.477 e. The summed E-state index contributed by atoms with van der Waals surface area (Å²) < 4.78 is 25.5. The molecule has 1 aromatic rings. The Morgan fingerprint density at radius 3 is 2.21 bits per heavy atom. The van der Waals surface area contributed by atoms with Crippen molar-refractivity contribution in [3.8, 4) is 0 Å². The van der Waals surface area contributed by atoms with Crippen LogP contribution in [-0.2, 0) is 10.0 Å². The van der Waals surface area contributed by atoms with E-state index in [1.807, 2.05) is 0 Å². The molecule has 1 rings (SSSR count). The highest BCUT2D eigenvalue weighted by Crippen LogP contribution is 2.28. The summed E-state index contributed by atoms with van der Waals surface area (Å²) in [6.07, 6.45) is 0. The van der Waals surface area contributed by atoms with Crippen LogP contribution in [0.4, 0.5) is 0 Å². The zero-order valence-electron chi connectivity index (χ0n) is 10.2. The monoisotopic (exact) mass is 309 g/mol. The summed E-state index contributed by atoms with van der Waals surface area (Å²) in [5, 5.41) is 26.6. The topological polar surface area (TPSA) is 115 Å². The standard InChI is InChI=1S/C10H15NO6S2/c1-7-9(6-8(18-7)10(14)15)19(16,17)11(2-4-12)3-5-13/h6,12-13H,2-5H2,1H3,(H,14,15). The maximum absolute atomic E-state index is 12.3. The summed E-state index contributed by atoms with van der Waals surface area (Å²) in [6.45, 7) is 0.448. The van der Waals surface area contributed by atoms with Gasteiger partial charge in [-0.1, -0.05) is 0 Å². The van der Waals surface area contributed by atoms with Crippen LogP contribution in [0.25, 0.3) is 0 Å². The fourth-order valence-corrected chi connectivity index (χ4v) is 4.36. The second-order valence-corrected chi connectivity index (χ2v) is 6.85. The third kappa shape index (κ3) is 3.51. The Kier molecular flexibility index (Phi) is 5.44. The van der Waals surface area contributed by atoms with Crippen molar-refractivity contribution < 1.29 is 28.5 Å². The lowest BCUT2D eigenvalue weighted by Crippen LogP contribution is -2.35. The molecule has 0 amide bonds. The summed E-state index contributed by atoms with van der Waals surface area (Å²) in [5.74, 6) is -1.19. The number of thiophene rings is 1. The molecule has 0 aliphatic carbocycles. The maximum atomic E-state index is 12.3. The van der Waals surface area contributed by atoms with E-state index in [1.54, 1.807) is 0 Å².